The summed E-state index contributed by atoms with van der Waals surface area (Å²) in [7, 11) is -5.00. The number of rotatable bonds is 9. The molecule has 1 N–H and O–H groups in total. The number of hydrogen-bond donors (Lipinski definition) is 1. The molecule has 0 saturated carbocycles. The third-order valence-electron chi connectivity index (χ3n) is 3.11. The Kier molecular flexibility index (Phi) is 8.69. The zero-order valence-corrected chi connectivity index (χ0v) is 16.1. The molecule has 1 rings (SSSR count). The minimum Gasteiger partial charge on any atom is -0.461 e. The summed E-state index contributed by atoms with van der Waals surface area (Å²) >= 11 is 3.27. The molecular weight excluding hydrogens is 461 g/mol. The van der Waals surface area contributed by atoms with Gasteiger partial charge >= 0.3 is 18.1 Å². The Labute approximate surface area is 161 Å². The molecule has 0 aliphatic heterocycles. The number of halogens is 4. The standard InChI is InChI=1S/C15H16BrF3O7S/c16-11-5-2-1-4-10(11)8-25-13(20)6-3-7-14(21)26-12(15(17,18)19)9-27(22,23)24/h1-2,4-5,12H,3,6-9H2,(H,22,23,24). The van der Waals surface area contributed by atoms with E-state index in [1.807, 2.05) is 0 Å². The maximum absolute atomic E-state index is 12.6. The largest absolute Gasteiger partial charge is 0.461 e. The van der Waals surface area contributed by atoms with Crippen molar-refractivity contribution in [2.24, 2.45) is 0 Å². The van der Waals surface area contributed by atoms with Gasteiger partial charge in [0.1, 0.15) is 12.4 Å². The molecule has 27 heavy (non-hydrogen) atoms. The van der Waals surface area contributed by atoms with Crippen molar-refractivity contribution in [2.45, 2.75) is 38.1 Å². The summed E-state index contributed by atoms with van der Waals surface area (Å²) in [5, 5.41) is 0. The zero-order chi connectivity index (χ0) is 20.7. The highest BCUT2D eigenvalue weighted by Gasteiger charge is 2.45. The van der Waals surface area contributed by atoms with E-state index in [-0.39, 0.29) is 19.4 Å². The van der Waals surface area contributed by atoms with Crippen LogP contribution in [0.25, 0.3) is 0 Å². The van der Waals surface area contributed by atoms with Crippen molar-refractivity contribution in [3.8, 4) is 0 Å². The molecule has 1 aromatic rings. The van der Waals surface area contributed by atoms with Crippen LogP contribution in [0.4, 0.5) is 13.2 Å². The first kappa shape index (κ1) is 23.4. The fraction of sp³-hybridized carbons (Fsp3) is 0.467. The molecule has 0 aliphatic rings. The molecule has 0 heterocycles. The molecule has 12 heteroatoms. The van der Waals surface area contributed by atoms with Crippen LogP contribution in [-0.4, -0.2) is 42.9 Å². The summed E-state index contributed by atoms with van der Waals surface area (Å²) in [6.45, 7) is -0.0186. The van der Waals surface area contributed by atoms with Crippen molar-refractivity contribution in [3.05, 3.63) is 34.3 Å². The predicted octanol–water partition coefficient (Wildman–Crippen LogP) is 3.02. The van der Waals surface area contributed by atoms with Gasteiger partial charge in [-0.05, 0) is 12.5 Å². The van der Waals surface area contributed by atoms with Crippen molar-refractivity contribution < 1.29 is 45.2 Å². The Bertz CT molecular complexity index is 765. The van der Waals surface area contributed by atoms with Crippen LogP contribution in [-0.2, 0) is 35.8 Å². The molecule has 1 atom stereocenters. The first-order chi connectivity index (χ1) is 12.4. The highest BCUT2D eigenvalue weighted by atomic mass is 79.9. The van der Waals surface area contributed by atoms with Crippen LogP contribution in [0.3, 0.4) is 0 Å². The zero-order valence-electron chi connectivity index (χ0n) is 13.7. The fourth-order valence-electron chi connectivity index (χ4n) is 1.83. The molecule has 0 aromatic heterocycles. The molecule has 0 amide bonds. The van der Waals surface area contributed by atoms with Crippen LogP contribution in [0, 0.1) is 0 Å². The van der Waals surface area contributed by atoms with Gasteiger partial charge in [0.15, 0.2) is 0 Å². The Morgan fingerprint density at radius 3 is 2.30 bits per heavy atom. The maximum atomic E-state index is 12.6. The summed E-state index contributed by atoms with van der Waals surface area (Å²) < 4.78 is 77.3. The monoisotopic (exact) mass is 476 g/mol. The van der Waals surface area contributed by atoms with Crippen molar-refractivity contribution in [2.75, 3.05) is 5.75 Å². The van der Waals surface area contributed by atoms with Gasteiger partial charge in [-0.2, -0.15) is 21.6 Å². The summed E-state index contributed by atoms with van der Waals surface area (Å²) in [4.78, 5) is 23.0. The molecule has 0 fully saturated rings. The van der Waals surface area contributed by atoms with E-state index in [2.05, 4.69) is 20.7 Å². The number of carbonyl (C=O) groups excluding carboxylic acids is 2. The fourth-order valence-corrected chi connectivity index (χ4v) is 2.87. The van der Waals surface area contributed by atoms with Gasteiger partial charge in [0.05, 0.1) is 0 Å². The summed E-state index contributed by atoms with van der Waals surface area (Å²) in [5.74, 6) is -3.81. The van der Waals surface area contributed by atoms with Crippen LogP contribution >= 0.6 is 15.9 Å². The van der Waals surface area contributed by atoms with E-state index >= 15 is 0 Å². The topological polar surface area (TPSA) is 107 Å². The van der Waals surface area contributed by atoms with Gasteiger partial charge < -0.3 is 9.47 Å². The van der Waals surface area contributed by atoms with E-state index in [9.17, 15) is 31.2 Å². The molecule has 0 bridgehead atoms. The normalized spacial score (nSPS) is 13.1. The molecule has 152 valence electrons. The van der Waals surface area contributed by atoms with Gasteiger partial charge in [0, 0.05) is 22.9 Å². The third kappa shape index (κ3) is 9.73. The molecule has 0 radical (unpaired) electrons. The summed E-state index contributed by atoms with van der Waals surface area (Å²) in [6.07, 6.45) is -9.09. The van der Waals surface area contributed by atoms with E-state index in [0.29, 0.717) is 5.56 Å². The minimum absolute atomic E-state index is 0.0186. The van der Waals surface area contributed by atoms with E-state index in [1.54, 1.807) is 24.3 Å². The number of ether oxygens (including phenoxy) is 2. The molecule has 7 nitrogen and oxygen atoms in total. The lowest BCUT2D eigenvalue weighted by Crippen LogP contribution is -2.39. The van der Waals surface area contributed by atoms with Gasteiger partial charge in [-0.15, -0.1) is 0 Å². The Hall–Kier alpha value is -1.66. The minimum atomic E-state index is -5.16. The Morgan fingerprint density at radius 1 is 1.15 bits per heavy atom. The van der Waals surface area contributed by atoms with Crippen LogP contribution in [0.2, 0.25) is 0 Å². The van der Waals surface area contributed by atoms with E-state index in [1.165, 1.54) is 0 Å². The first-order valence-electron chi connectivity index (χ1n) is 7.49. The SMILES string of the molecule is O=C(CCCC(=O)OC(CS(=O)(=O)O)C(F)(F)F)OCc1ccccc1Br. The lowest BCUT2D eigenvalue weighted by molar-refractivity contribution is -0.215. The first-order valence-corrected chi connectivity index (χ1v) is 9.89. The van der Waals surface area contributed by atoms with Crippen molar-refractivity contribution in [1.82, 2.24) is 0 Å². The second-order valence-electron chi connectivity index (χ2n) is 5.37. The molecule has 1 unspecified atom stereocenters. The Morgan fingerprint density at radius 2 is 1.74 bits per heavy atom. The Balaban J connectivity index is 2.40. The molecular formula is C15H16BrF3O7S. The highest BCUT2D eigenvalue weighted by molar-refractivity contribution is 9.10. The lowest BCUT2D eigenvalue weighted by atomic mass is 10.2. The number of esters is 2. The average molecular weight is 477 g/mol. The summed E-state index contributed by atoms with van der Waals surface area (Å²) in [5.41, 5.74) is 0.712. The average Bonchev–Trinajstić information content (AvgIpc) is 2.51. The predicted molar refractivity (Wildman–Crippen MR) is 90.1 cm³/mol. The van der Waals surface area contributed by atoms with Gasteiger partial charge in [0.25, 0.3) is 10.1 Å². The second-order valence-corrected chi connectivity index (χ2v) is 7.73. The van der Waals surface area contributed by atoms with Crippen molar-refractivity contribution in [3.63, 3.8) is 0 Å². The molecule has 0 saturated heterocycles. The van der Waals surface area contributed by atoms with Crippen molar-refractivity contribution in [1.29, 1.82) is 0 Å². The number of hydrogen-bond acceptors (Lipinski definition) is 6. The number of alkyl halides is 3. The van der Waals surface area contributed by atoms with Gasteiger partial charge in [-0.3, -0.25) is 14.1 Å². The maximum Gasteiger partial charge on any atom is 0.426 e. The van der Waals surface area contributed by atoms with Crippen molar-refractivity contribution >= 4 is 38.0 Å². The molecule has 1 aromatic carbocycles. The lowest BCUT2D eigenvalue weighted by Gasteiger charge is -2.19. The van der Waals surface area contributed by atoms with Crippen LogP contribution < -0.4 is 0 Å². The smallest absolute Gasteiger partial charge is 0.426 e. The number of carbonyl (C=O) groups is 2. The van der Waals surface area contributed by atoms with E-state index < -0.39 is 46.5 Å². The van der Waals surface area contributed by atoms with Gasteiger partial charge in [0.2, 0.25) is 6.10 Å². The second kappa shape index (κ2) is 10.0. The van der Waals surface area contributed by atoms with Crippen LogP contribution in [0.5, 0.6) is 0 Å². The van der Waals surface area contributed by atoms with Crippen LogP contribution in [0.15, 0.2) is 28.7 Å². The van der Waals surface area contributed by atoms with E-state index in [0.717, 1.165) is 4.47 Å². The molecule has 0 aliphatic carbocycles. The van der Waals surface area contributed by atoms with Gasteiger partial charge in [-0.1, -0.05) is 34.1 Å². The highest BCUT2D eigenvalue weighted by Crippen LogP contribution is 2.24. The number of benzene rings is 1. The van der Waals surface area contributed by atoms with Gasteiger partial charge in [-0.25, -0.2) is 0 Å². The summed E-state index contributed by atoms with van der Waals surface area (Å²) in [6, 6.07) is 6.99. The third-order valence-corrected chi connectivity index (χ3v) is 4.61. The van der Waals surface area contributed by atoms with E-state index in [4.69, 9.17) is 9.29 Å². The van der Waals surface area contributed by atoms with Crippen LogP contribution in [0.1, 0.15) is 24.8 Å². The quantitative estimate of drug-likeness (QED) is 0.431. The molecule has 0 spiro atoms.